The zero-order valence-corrected chi connectivity index (χ0v) is 2.60. The van der Waals surface area contributed by atoms with Gasteiger partial charge in [-0.2, -0.15) is 0 Å². The molecule has 0 aromatic carbocycles. The molecule has 0 radical (unpaired) electrons. The van der Waals surface area contributed by atoms with Gasteiger partial charge in [-0.1, -0.05) is 0 Å². The summed E-state index contributed by atoms with van der Waals surface area (Å²) in [5, 5.41) is 0. The molecule has 5 heavy (non-hydrogen) atoms. The molecule has 2 N–H and O–H groups in total. The number of nitroso groups, excluding NO2 is 1. The molecular formula is C2H4NO2+. The summed E-state index contributed by atoms with van der Waals surface area (Å²) < 4.78 is 0. The van der Waals surface area contributed by atoms with Gasteiger partial charge in [-0.25, -0.2) is 4.79 Å². The van der Waals surface area contributed by atoms with Gasteiger partial charge >= 0.3 is 0 Å². The fourth-order valence-corrected chi connectivity index (χ4v) is 0. The number of hydrogen-bond acceptors (Lipinski definition) is 2. The summed E-state index contributed by atoms with van der Waals surface area (Å²) in [5.41, 5.74) is 3.25. The van der Waals surface area contributed by atoms with Crippen LogP contribution in [0.25, 0.3) is 0 Å². The van der Waals surface area contributed by atoms with Crippen molar-refractivity contribution in [2.24, 2.45) is 0 Å². The highest BCUT2D eigenvalue weighted by molar-refractivity contribution is 5.38. The van der Waals surface area contributed by atoms with E-state index in [1.165, 1.54) is 5.94 Å². The maximum Gasteiger partial charge on any atom is 0.116 e. The summed E-state index contributed by atoms with van der Waals surface area (Å²) in [4.78, 5) is 16.3. The number of hydrogen-bond donors (Lipinski definition) is 1. The van der Waals surface area contributed by atoms with Gasteiger partial charge in [0, 0.05) is 4.91 Å². The van der Waals surface area contributed by atoms with Gasteiger partial charge in [0.15, 0.2) is 0 Å². The molecule has 0 aromatic rings. The molecule has 0 rings (SSSR count). The Kier molecular flexibility index (Phi) is 9190. The SMILES string of the molecule is C=C=O.[NH2+]=O. The van der Waals surface area contributed by atoms with Gasteiger partial charge < -0.3 is 0 Å². The first kappa shape index (κ1) is 8.96. The monoisotopic (exact) mass is 74.0 g/mol. The lowest BCUT2D eigenvalue weighted by atomic mass is 11.2. The molecule has 0 heterocycles. The van der Waals surface area contributed by atoms with Crippen LogP contribution in [-0.2, 0) is 4.79 Å². The molecule has 0 saturated heterocycles. The van der Waals surface area contributed by atoms with Crippen molar-refractivity contribution in [3.63, 3.8) is 0 Å². The smallest absolute Gasteiger partial charge is 0.116 e. The Labute approximate surface area is 29.1 Å². The van der Waals surface area contributed by atoms with Gasteiger partial charge in [-0.15, -0.1) is 0 Å². The summed E-state index contributed by atoms with van der Waals surface area (Å²) >= 11 is 0. The van der Waals surface area contributed by atoms with E-state index in [1.54, 1.807) is 0 Å². The van der Waals surface area contributed by atoms with E-state index in [9.17, 15) is 0 Å². The van der Waals surface area contributed by atoms with E-state index < -0.39 is 0 Å². The zero-order valence-electron chi connectivity index (χ0n) is 2.60. The van der Waals surface area contributed by atoms with Crippen molar-refractivity contribution in [2.45, 2.75) is 0 Å². The third kappa shape index (κ3) is 3.73. The number of carbonyl (C=O) groups excluding carboxylic acids is 1. The molecule has 0 atom stereocenters. The van der Waals surface area contributed by atoms with Crippen molar-refractivity contribution in [3.05, 3.63) is 11.5 Å². The van der Waals surface area contributed by atoms with Crippen molar-refractivity contribution in [3.8, 4) is 0 Å². The second-order valence-corrected chi connectivity index (χ2v) is 0.144. The molecule has 0 saturated carbocycles. The summed E-state index contributed by atoms with van der Waals surface area (Å²) in [6.07, 6.45) is 0. The van der Waals surface area contributed by atoms with Crippen LogP contribution in [0.1, 0.15) is 0 Å². The first-order valence-corrected chi connectivity index (χ1v) is 0.793. The Morgan fingerprint density at radius 1 is 1.60 bits per heavy atom. The first-order chi connectivity index (χ1) is 2.41. The number of nitrogens with two attached hydrogens (primary N) is 1. The second kappa shape index (κ2) is 5130. The highest BCUT2D eigenvalue weighted by Crippen LogP contribution is 0.894. The average molecular weight is 74.1 g/mol. The van der Waals surface area contributed by atoms with Crippen molar-refractivity contribution in [2.75, 3.05) is 0 Å². The predicted octanol–water partition coefficient (Wildman–Crippen LogP) is -1.48. The molecule has 0 aliphatic rings. The minimum atomic E-state index is 1.25. The quantitative estimate of drug-likeness (QED) is 0.356. The highest BCUT2D eigenvalue weighted by Gasteiger charge is 1.01. The summed E-state index contributed by atoms with van der Waals surface area (Å²) in [6, 6.07) is 0. The van der Waals surface area contributed by atoms with Crippen molar-refractivity contribution in [1.29, 1.82) is 0 Å². The van der Waals surface area contributed by atoms with Crippen molar-refractivity contribution < 1.29 is 10.4 Å². The Balaban J connectivity index is 0. The highest BCUT2D eigenvalue weighted by atomic mass is 16.2. The topological polar surface area (TPSA) is 59.7 Å². The van der Waals surface area contributed by atoms with Gasteiger partial charge in [-0.3, -0.25) is 0 Å². The van der Waals surface area contributed by atoms with E-state index in [4.69, 9.17) is 9.70 Å². The molecule has 0 aromatic heterocycles. The van der Waals surface area contributed by atoms with Crippen molar-refractivity contribution >= 4 is 5.94 Å². The maximum absolute atomic E-state index is 8.57. The standard InChI is InChI=1S/C2H2O.H2NO/c1-2-3;1-2/h1H2;1H2/q;+1. The molecule has 3 heteroatoms. The van der Waals surface area contributed by atoms with E-state index >= 15 is 0 Å². The van der Waals surface area contributed by atoms with Crippen LogP contribution in [0.3, 0.4) is 0 Å². The molecule has 0 aliphatic carbocycles. The van der Waals surface area contributed by atoms with E-state index in [0.29, 0.717) is 0 Å². The van der Waals surface area contributed by atoms with Crippen LogP contribution in [0.15, 0.2) is 6.58 Å². The predicted molar refractivity (Wildman–Crippen MR) is 16.6 cm³/mol. The fraction of sp³-hybridized carbons (Fsp3) is 0. The van der Waals surface area contributed by atoms with E-state index in [-0.39, 0.29) is 0 Å². The van der Waals surface area contributed by atoms with Gasteiger partial charge in [0.1, 0.15) is 5.94 Å². The molecule has 0 aliphatic heterocycles. The maximum atomic E-state index is 8.57. The van der Waals surface area contributed by atoms with E-state index in [2.05, 4.69) is 12.2 Å². The van der Waals surface area contributed by atoms with Crippen LogP contribution in [0.2, 0.25) is 0 Å². The van der Waals surface area contributed by atoms with Gasteiger partial charge in [0.05, 0.1) is 0 Å². The normalized spacial score (nSPS) is 2.40. The number of rotatable bonds is 0. The molecule has 28 valence electrons. The van der Waals surface area contributed by atoms with Crippen LogP contribution in [0, 0.1) is 4.91 Å². The van der Waals surface area contributed by atoms with Gasteiger partial charge in [-0.05, 0) is 12.2 Å². The van der Waals surface area contributed by atoms with Crippen LogP contribution < -0.4 is 5.59 Å². The molecule has 0 spiro atoms. The Morgan fingerprint density at radius 3 is 1.60 bits per heavy atom. The van der Waals surface area contributed by atoms with Gasteiger partial charge in [0.2, 0.25) is 0 Å². The second-order valence-electron chi connectivity index (χ2n) is 0.144. The van der Waals surface area contributed by atoms with Crippen LogP contribution >= 0.6 is 0 Å². The molecular weight excluding hydrogens is 70.0 g/mol. The summed E-state index contributed by atoms with van der Waals surface area (Å²) in [7, 11) is 0. The van der Waals surface area contributed by atoms with Gasteiger partial charge in [0.25, 0.3) is 0 Å². The molecule has 3 nitrogen and oxygen atoms in total. The lowest BCUT2D eigenvalue weighted by molar-refractivity contribution is -0.142. The Bertz CT molecular complexity index is 36.9. The molecule has 0 bridgehead atoms. The third-order valence-electron chi connectivity index (χ3n) is 0. The lowest BCUT2D eigenvalue weighted by Crippen LogP contribution is -2.18. The lowest BCUT2D eigenvalue weighted by Gasteiger charge is -1.02. The van der Waals surface area contributed by atoms with Crippen LogP contribution in [0.4, 0.5) is 0 Å². The minimum absolute atomic E-state index is 1.25. The Morgan fingerprint density at radius 2 is 1.60 bits per heavy atom. The van der Waals surface area contributed by atoms with Crippen LogP contribution in [0.5, 0.6) is 0 Å². The van der Waals surface area contributed by atoms with Crippen LogP contribution in [-0.4, -0.2) is 5.94 Å². The van der Waals surface area contributed by atoms with Crippen molar-refractivity contribution in [1.82, 2.24) is 0 Å². The third-order valence-corrected chi connectivity index (χ3v) is 0. The zero-order chi connectivity index (χ0) is 4.71. The van der Waals surface area contributed by atoms with E-state index in [0.717, 1.165) is 0 Å². The average Bonchev–Trinajstić information content (AvgIpc) is 1.46. The largest absolute Gasteiger partial charge is 0.234 e. The molecule has 0 amide bonds. The van der Waals surface area contributed by atoms with E-state index in [1.807, 2.05) is 0 Å². The molecule has 0 unspecified atom stereocenters. The summed E-state index contributed by atoms with van der Waals surface area (Å²) in [6.45, 7) is 2.68. The summed E-state index contributed by atoms with van der Waals surface area (Å²) in [5.74, 6) is 1.25. The Hall–Kier alpha value is -0.950. The minimum Gasteiger partial charge on any atom is -0.234 e. The fourth-order valence-electron chi connectivity index (χ4n) is 0. The molecule has 0 fully saturated rings. The first-order valence-electron chi connectivity index (χ1n) is 0.793.